The normalized spacial score (nSPS) is 11.1. The van der Waals surface area contributed by atoms with Crippen LogP contribution in [0.3, 0.4) is 0 Å². The molecule has 0 aliphatic carbocycles. The summed E-state index contributed by atoms with van der Waals surface area (Å²) in [4.78, 5) is 0.142. The van der Waals surface area contributed by atoms with Crippen LogP contribution in [-0.4, -0.2) is 18.7 Å². The third-order valence-corrected chi connectivity index (χ3v) is 2.22. The van der Waals surface area contributed by atoms with Gasteiger partial charge in [-0.2, -0.15) is 0 Å². The molecular formula is C6H4N2O3S. The summed E-state index contributed by atoms with van der Waals surface area (Å²) in [6.45, 7) is 0. The van der Waals surface area contributed by atoms with Gasteiger partial charge in [-0.25, -0.2) is 13.0 Å². The molecule has 0 saturated heterocycles. The van der Waals surface area contributed by atoms with Crippen LogP contribution in [0, 0.1) is 0 Å². The Bertz CT molecular complexity index is 480. The third-order valence-electron chi connectivity index (χ3n) is 1.46. The number of aromatic nitrogens is 2. The first kappa shape index (κ1) is 7.23. The summed E-state index contributed by atoms with van der Waals surface area (Å²) >= 11 is 0. The van der Waals surface area contributed by atoms with Crippen LogP contribution in [0.2, 0.25) is 0 Å². The number of hydrogen-bond acceptors (Lipinski definition) is 5. The van der Waals surface area contributed by atoms with E-state index in [0.717, 1.165) is 0 Å². The Labute approximate surface area is 68.9 Å². The van der Waals surface area contributed by atoms with Crippen molar-refractivity contribution in [3.8, 4) is 0 Å². The molecule has 0 atom stereocenters. The Morgan fingerprint density at radius 3 is 2.83 bits per heavy atom. The van der Waals surface area contributed by atoms with E-state index in [0.29, 0.717) is 5.52 Å². The minimum Gasteiger partial charge on any atom is -0.243 e. The van der Waals surface area contributed by atoms with E-state index in [1.165, 1.54) is 6.07 Å². The topological polar surface area (TPSA) is 73.1 Å². The molecule has 12 heavy (non-hydrogen) atoms. The van der Waals surface area contributed by atoms with Gasteiger partial charge in [0.05, 0.1) is 4.90 Å². The first-order valence-electron chi connectivity index (χ1n) is 3.15. The number of rotatable bonds is 1. The van der Waals surface area contributed by atoms with Gasteiger partial charge in [0.1, 0.15) is 5.52 Å². The lowest BCUT2D eigenvalue weighted by atomic mass is 10.3. The van der Waals surface area contributed by atoms with Gasteiger partial charge in [0.15, 0.2) is 16.2 Å². The van der Waals surface area contributed by atoms with Gasteiger partial charge in [-0.05, 0) is 22.4 Å². The summed E-state index contributed by atoms with van der Waals surface area (Å²) in [5.74, 6) is 0. The van der Waals surface area contributed by atoms with E-state index in [1.54, 1.807) is 12.1 Å². The van der Waals surface area contributed by atoms with Crippen LogP contribution in [0.15, 0.2) is 27.7 Å². The lowest BCUT2D eigenvalue weighted by Gasteiger charge is -1.87. The van der Waals surface area contributed by atoms with Crippen LogP contribution in [0.25, 0.3) is 11.0 Å². The van der Waals surface area contributed by atoms with Crippen molar-refractivity contribution in [3.05, 3.63) is 18.2 Å². The summed E-state index contributed by atoms with van der Waals surface area (Å²) in [6.07, 6.45) is 0. The van der Waals surface area contributed by atoms with Crippen LogP contribution in [0.1, 0.15) is 0 Å². The van der Waals surface area contributed by atoms with Gasteiger partial charge in [-0.15, -0.1) is 0 Å². The summed E-state index contributed by atoms with van der Waals surface area (Å²) in [7, 11) is -2.63. The molecule has 0 radical (unpaired) electrons. The van der Waals surface area contributed by atoms with Crippen molar-refractivity contribution in [3.63, 3.8) is 0 Å². The fraction of sp³-hybridized carbons (Fsp3) is 0. The molecule has 1 aromatic heterocycles. The maximum absolute atomic E-state index is 10.6. The standard InChI is InChI=1S/C6H4N2O3S/c9-12(10)5-3-1-2-4-6(5)8-11-7-4/h1-3,12H. The van der Waals surface area contributed by atoms with E-state index in [-0.39, 0.29) is 10.4 Å². The third kappa shape index (κ3) is 0.964. The van der Waals surface area contributed by atoms with Gasteiger partial charge in [0, 0.05) is 0 Å². The molecule has 5 nitrogen and oxygen atoms in total. The molecule has 0 saturated carbocycles. The molecule has 2 aromatic rings. The molecule has 1 heterocycles. The Kier molecular flexibility index (Phi) is 1.54. The number of fused-ring (bicyclic) bond motifs is 1. The van der Waals surface area contributed by atoms with Crippen LogP contribution in [0.4, 0.5) is 0 Å². The van der Waals surface area contributed by atoms with Gasteiger partial charge in [0.25, 0.3) is 0 Å². The molecule has 0 amide bonds. The molecule has 0 fully saturated rings. The lowest BCUT2D eigenvalue weighted by Crippen LogP contribution is -1.81. The molecule has 62 valence electrons. The fourth-order valence-corrected chi connectivity index (χ4v) is 1.48. The minimum atomic E-state index is -2.63. The average molecular weight is 184 g/mol. The molecule has 2 rings (SSSR count). The Hall–Kier alpha value is -1.43. The smallest absolute Gasteiger partial charge is 0.170 e. The summed E-state index contributed by atoms with van der Waals surface area (Å²) in [5, 5.41) is 6.98. The van der Waals surface area contributed by atoms with E-state index >= 15 is 0 Å². The second kappa shape index (κ2) is 2.56. The second-order valence-electron chi connectivity index (χ2n) is 2.17. The average Bonchev–Trinajstić information content (AvgIpc) is 2.49. The summed E-state index contributed by atoms with van der Waals surface area (Å²) < 4.78 is 25.7. The molecule has 1 aromatic carbocycles. The fourth-order valence-electron chi connectivity index (χ4n) is 0.939. The van der Waals surface area contributed by atoms with Crippen molar-refractivity contribution in [2.75, 3.05) is 0 Å². The first-order valence-corrected chi connectivity index (χ1v) is 4.32. The van der Waals surface area contributed by atoms with Gasteiger partial charge < -0.3 is 0 Å². The Balaban J connectivity index is 2.91. The Morgan fingerprint density at radius 2 is 2.08 bits per heavy atom. The van der Waals surface area contributed by atoms with Gasteiger partial charge >= 0.3 is 0 Å². The number of hydrogen-bond donors (Lipinski definition) is 1. The van der Waals surface area contributed by atoms with Crippen molar-refractivity contribution < 1.29 is 13.0 Å². The molecule has 0 aliphatic heterocycles. The maximum Gasteiger partial charge on any atom is 0.170 e. The molecule has 0 N–H and O–H groups in total. The zero-order chi connectivity index (χ0) is 8.55. The number of nitrogens with zero attached hydrogens (tertiary/aromatic N) is 2. The van der Waals surface area contributed by atoms with Gasteiger partial charge in [-0.3, -0.25) is 0 Å². The van der Waals surface area contributed by atoms with E-state index in [1.807, 2.05) is 0 Å². The molecular weight excluding hydrogens is 180 g/mol. The highest BCUT2D eigenvalue weighted by molar-refractivity contribution is 7.72. The molecule has 0 unspecified atom stereocenters. The van der Waals surface area contributed by atoms with Crippen molar-refractivity contribution in [1.29, 1.82) is 0 Å². The second-order valence-corrected chi connectivity index (χ2v) is 3.16. The minimum absolute atomic E-state index is 0.142. The van der Waals surface area contributed by atoms with E-state index in [4.69, 9.17) is 0 Å². The molecule has 0 bridgehead atoms. The van der Waals surface area contributed by atoms with E-state index in [2.05, 4.69) is 14.9 Å². The first-order chi connectivity index (χ1) is 5.79. The van der Waals surface area contributed by atoms with E-state index in [9.17, 15) is 8.42 Å². The van der Waals surface area contributed by atoms with Crippen molar-refractivity contribution in [2.45, 2.75) is 4.90 Å². The lowest BCUT2D eigenvalue weighted by molar-refractivity contribution is 0.315. The van der Waals surface area contributed by atoms with Crippen LogP contribution >= 0.6 is 0 Å². The highest BCUT2D eigenvalue weighted by Gasteiger charge is 2.06. The maximum atomic E-state index is 10.6. The van der Waals surface area contributed by atoms with Crippen LogP contribution in [0.5, 0.6) is 0 Å². The van der Waals surface area contributed by atoms with Crippen LogP contribution in [-0.2, 0) is 10.7 Å². The highest BCUT2D eigenvalue weighted by atomic mass is 32.2. The quantitative estimate of drug-likeness (QED) is 0.640. The number of thiol groups is 1. The van der Waals surface area contributed by atoms with E-state index < -0.39 is 10.7 Å². The SMILES string of the molecule is O=[SH](=O)c1cccc2nonc12. The van der Waals surface area contributed by atoms with Crippen LogP contribution < -0.4 is 0 Å². The summed E-state index contributed by atoms with van der Waals surface area (Å²) in [6, 6.07) is 4.68. The molecule has 0 spiro atoms. The largest absolute Gasteiger partial charge is 0.243 e. The predicted octanol–water partition coefficient (Wildman–Crippen LogP) is 0.193. The molecule has 0 aliphatic rings. The summed E-state index contributed by atoms with van der Waals surface area (Å²) in [5.41, 5.74) is 0.736. The zero-order valence-corrected chi connectivity index (χ0v) is 6.69. The van der Waals surface area contributed by atoms with Crippen molar-refractivity contribution >= 4 is 21.7 Å². The van der Waals surface area contributed by atoms with Gasteiger partial charge in [-0.1, -0.05) is 6.07 Å². The zero-order valence-electron chi connectivity index (χ0n) is 5.80. The predicted molar refractivity (Wildman–Crippen MR) is 40.4 cm³/mol. The van der Waals surface area contributed by atoms with Crippen molar-refractivity contribution in [1.82, 2.24) is 10.3 Å². The van der Waals surface area contributed by atoms with Crippen molar-refractivity contribution in [2.24, 2.45) is 0 Å². The molecule has 6 heteroatoms. The Morgan fingerprint density at radius 1 is 1.25 bits per heavy atom. The highest BCUT2D eigenvalue weighted by Crippen LogP contribution is 2.14. The van der Waals surface area contributed by atoms with Gasteiger partial charge in [0.2, 0.25) is 0 Å². The monoisotopic (exact) mass is 184 g/mol. The number of benzene rings is 1.